The molecule has 4 aromatic carbocycles. The summed E-state index contributed by atoms with van der Waals surface area (Å²) in [6, 6.07) is 26.7. The van der Waals surface area contributed by atoms with E-state index in [9.17, 15) is 22.4 Å². The molecule has 242 valence electrons. The highest BCUT2D eigenvalue weighted by molar-refractivity contribution is 7.92. The molecule has 0 spiro atoms. The lowest BCUT2D eigenvalue weighted by Gasteiger charge is -2.34. The Morgan fingerprint density at radius 3 is 2.13 bits per heavy atom. The molecule has 0 radical (unpaired) electrons. The summed E-state index contributed by atoms with van der Waals surface area (Å²) in [6.07, 6.45) is 0.212. The molecule has 0 aliphatic carbocycles. The highest BCUT2D eigenvalue weighted by atomic mass is 32.2. The number of nitrogens with zero attached hydrogens (tertiary/aromatic N) is 2. The van der Waals surface area contributed by atoms with Crippen LogP contribution in [-0.2, 0) is 32.6 Å². The third-order valence-electron chi connectivity index (χ3n) is 7.43. The number of amides is 2. The third-order valence-corrected chi connectivity index (χ3v) is 9.22. The quantitative estimate of drug-likeness (QED) is 0.189. The number of carbonyl (C=O) groups is 2. The molecule has 0 unspecified atom stereocenters. The number of sulfonamides is 1. The van der Waals surface area contributed by atoms with Crippen LogP contribution in [0, 0.1) is 18.7 Å². The molecule has 1 atom stereocenters. The van der Waals surface area contributed by atoms with Gasteiger partial charge in [0.1, 0.15) is 24.2 Å². The van der Waals surface area contributed by atoms with Crippen LogP contribution in [0.1, 0.15) is 30.5 Å². The van der Waals surface area contributed by atoms with Crippen LogP contribution < -0.4 is 14.4 Å². The van der Waals surface area contributed by atoms with E-state index in [1.165, 1.54) is 48.4 Å². The zero-order valence-electron chi connectivity index (χ0n) is 26.5. The van der Waals surface area contributed by atoms with Gasteiger partial charge in [-0.15, -0.1) is 0 Å². The summed E-state index contributed by atoms with van der Waals surface area (Å²) in [5, 5.41) is 2.97. The molecule has 0 aliphatic rings. The van der Waals surface area contributed by atoms with Gasteiger partial charge in [0.05, 0.1) is 17.7 Å². The highest BCUT2D eigenvalue weighted by Crippen LogP contribution is 2.27. The molecular weight excluding hydrogens is 605 g/mol. The second-order valence-corrected chi connectivity index (χ2v) is 13.4. The maximum absolute atomic E-state index is 14.5. The standard InChI is InChI=1S/C36H40FN3O5S/c1-26(2)23-38-36(42)34(22-28-10-6-5-7-11-28)39(24-29-12-8-9-27(3)21-29)35(41)25-40(31-15-13-30(37)14-16-31)46(43,44)33-19-17-32(45-4)18-20-33/h5-21,26,34H,22-25H2,1-4H3,(H,38,42)/t34-/m0/s1. The first-order valence-electron chi connectivity index (χ1n) is 15.1. The van der Waals surface area contributed by atoms with Crippen molar-refractivity contribution in [2.24, 2.45) is 5.92 Å². The number of hydrogen-bond donors (Lipinski definition) is 1. The smallest absolute Gasteiger partial charge is 0.264 e. The van der Waals surface area contributed by atoms with Gasteiger partial charge in [-0.3, -0.25) is 13.9 Å². The van der Waals surface area contributed by atoms with Gasteiger partial charge in [-0.1, -0.05) is 74.0 Å². The number of hydrogen-bond acceptors (Lipinski definition) is 5. The molecule has 0 saturated heterocycles. The number of rotatable bonds is 14. The van der Waals surface area contributed by atoms with Crippen LogP contribution in [-0.4, -0.2) is 51.4 Å². The Morgan fingerprint density at radius 2 is 1.52 bits per heavy atom. The van der Waals surface area contributed by atoms with Crippen LogP contribution >= 0.6 is 0 Å². The maximum Gasteiger partial charge on any atom is 0.264 e. The molecule has 0 saturated carbocycles. The SMILES string of the molecule is COc1ccc(S(=O)(=O)N(CC(=O)N(Cc2cccc(C)c2)[C@@H](Cc2ccccc2)C(=O)NCC(C)C)c2ccc(F)cc2)cc1. The Hall–Kier alpha value is -4.70. The lowest BCUT2D eigenvalue weighted by molar-refractivity contribution is -0.140. The van der Waals surface area contributed by atoms with Crippen LogP contribution in [0.4, 0.5) is 10.1 Å². The lowest BCUT2D eigenvalue weighted by Crippen LogP contribution is -2.53. The highest BCUT2D eigenvalue weighted by Gasteiger charge is 2.34. The number of halogens is 1. The van der Waals surface area contributed by atoms with Crippen molar-refractivity contribution in [3.05, 3.63) is 126 Å². The molecule has 8 nitrogen and oxygen atoms in total. The number of benzene rings is 4. The molecule has 0 fully saturated rings. The zero-order valence-corrected chi connectivity index (χ0v) is 27.3. The fraction of sp³-hybridized carbons (Fsp3) is 0.278. The summed E-state index contributed by atoms with van der Waals surface area (Å²) in [5.41, 5.74) is 2.71. The Bertz CT molecular complexity index is 1710. The Labute approximate surface area is 270 Å². The lowest BCUT2D eigenvalue weighted by atomic mass is 10.0. The maximum atomic E-state index is 14.5. The van der Waals surface area contributed by atoms with Crippen molar-refractivity contribution < 1.29 is 27.1 Å². The predicted molar refractivity (Wildman–Crippen MR) is 177 cm³/mol. The van der Waals surface area contributed by atoms with Gasteiger partial charge in [-0.05, 0) is 72.5 Å². The van der Waals surface area contributed by atoms with Crippen molar-refractivity contribution in [1.82, 2.24) is 10.2 Å². The molecule has 0 aromatic heterocycles. The van der Waals surface area contributed by atoms with Crippen molar-refractivity contribution in [2.45, 2.75) is 44.7 Å². The topological polar surface area (TPSA) is 96.0 Å². The largest absolute Gasteiger partial charge is 0.497 e. The molecule has 4 rings (SSSR count). The minimum Gasteiger partial charge on any atom is -0.497 e. The molecule has 10 heteroatoms. The fourth-order valence-electron chi connectivity index (χ4n) is 4.99. The molecule has 0 bridgehead atoms. The van der Waals surface area contributed by atoms with E-state index in [-0.39, 0.29) is 35.4 Å². The molecule has 0 heterocycles. The van der Waals surface area contributed by atoms with Crippen molar-refractivity contribution in [3.8, 4) is 5.75 Å². The van der Waals surface area contributed by atoms with Gasteiger partial charge >= 0.3 is 0 Å². The molecule has 1 N–H and O–H groups in total. The average molecular weight is 646 g/mol. The van der Waals surface area contributed by atoms with E-state index >= 15 is 0 Å². The van der Waals surface area contributed by atoms with Crippen LogP contribution in [0.3, 0.4) is 0 Å². The van der Waals surface area contributed by atoms with Gasteiger partial charge in [0, 0.05) is 19.5 Å². The monoisotopic (exact) mass is 645 g/mol. The van der Waals surface area contributed by atoms with E-state index in [1.54, 1.807) is 0 Å². The first kappa shape index (κ1) is 34.2. The second kappa shape index (κ2) is 15.5. The van der Waals surface area contributed by atoms with Gasteiger partial charge in [0.2, 0.25) is 11.8 Å². The van der Waals surface area contributed by atoms with Crippen LogP contribution in [0.15, 0.2) is 108 Å². The Balaban J connectivity index is 1.79. The summed E-state index contributed by atoms with van der Waals surface area (Å²) in [7, 11) is -2.85. The molecule has 2 amide bonds. The average Bonchev–Trinajstić information content (AvgIpc) is 3.05. The number of aryl methyl sites for hydroxylation is 1. The third kappa shape index (κ3) is 8.94. The van der Waals surface area contributed by atoms with Crippen LogP contribution in [0.5, 0.6) is 5.75 Å². The van der Waals surface area contributed by atoms with Gasteiger partial charge in [0.15, 0.2) is 0 Å². The normalized spacial score (nSPS) is 12.0. The van der Waals surface area contributed by atoms with E-state index in [0.29, 0.717) is 12.3 Å². The van der Waals surface area contributed by atoms with Crippen LogP contribution in [0.2, 0.25) is 0 Å². The summed E-state index contributed by atoms with van der Waals surface area (Å²) >= 11 is 0. The van der Waals surface area contributed by atoms with E-state index in [1.807, 2.05) is 75.4 Å². The first-order chi connectivity index (χ1) is 22.0. The fourth-order valence-corrected chi connectivity index (χ4v) is 6.41. The summed E-state index contributed by atoms with van der Waals surface area (Å²) < 4.78 is 48.3. The number of carbonyl (C=O) groups excluding carboxylic acids is 2. The summed E-state index contributed by atoms with van der Waals surface area (Å²) in [6.45, 7) is 5.73. The number of ether oxygens (including phenoxy) is 1. The first-order valence-corrected chi connectivity index (χ1v) is 16.5. The Kier molecular flexibility index (Phi) is 11.5. The van der Waals surface area contributed by atoms with E-state index in [0.717, 1.165) is 33.1 Å². The molecule has 0 aliphatic heterocycles. The number of nitrogens with one attached hydrogen (secondary N) is 1. The zero-order chi connectivity index (χ0) is 33.3. The van der Waals surface area contributed by atoms with Gasteiger partial charge in [-0.25, -0.2) is 12.8 Å². The number of anilines is 1. The van der Waals surface area contributed by atoms with Gasteiger partial charge in [0.25, 0.3) is 10.0 Å². The van der Waals surface area contributed by atoms with Crippen molar-refractivity contribution >= 4 is 27.5 Å². The molecule has 46 heavy (non-hydrogen) atoms. The van der Waals surface area contributed by atoms with Crippen molar-refractivity contribution in [1.29, 1.82) is 0 Å². The second-order valence-electron chi connectivity index (χ2n) is 11.5. The van der Waals surface area contributed by atoms with Gasteiger partial charge < -0.3 is 15.0 Å². The van der Waals surface area contributed by atoms with E-state index in [4.69, 9.17) is 4.74 Å². The van der Waals surface area contributed by atoms with E-state index in [2.05, 4.69) is 5.32 Å². The molecular formula is C36H40FN3O5S. The van der Waals surface area contributed by atoms with Crippen molar-refractivity contribution in [3.63, 3.8) is 0 Å². The van der Waals surface area contributed by atoms with Gasteiger partial charge in [-0.2, -0.15) is 0 Å². The minimum absolute atomic E-state index is 0.0625. The van der Waals surface area contributed by atoms with Crippen LogP contribution in [0.25, 0.3) is 0 Å². The Morgan fingerprint density at radius 1 is 0.870 bits per heavy atom. The summed E-state index contributed by atoms with van der Waals surface area (Å²) in [4.78, 5) is 29.7. The van der Waals surface area contributed by atoms with E-state index < -0.39 is 34.3 Å². The number of methoxy groups -OCH3 is 1. The minimum atomic E-state index is -4.32. The van der Waals surface area contributed by atoms with Crippen molar-refractivity contribution in [2.75, 3.05) is 24.5 Å². The predicted octanol–water partition coefficient (Wildman–Crippen LogP) is 5.75. The summed E-state index contributed by atoms with van der Waals surface area (Å²) in [5.74, 6) is -0.856. The molecule has 4 aromatic rings.